The number of nitrogens with zero attached hydrogens (tertiary/aromatic N) is 3. The van der Waals surface area contributed by atoms with Gasteiger partial charge in [-0.05, 0) is 23.3 Å². The monoisotopic (exact) mass is 356 g/mol. The van der Waals surface area contributed by atoms with Gasteiger partial charge in [-0.15, -0.1) is 5.10 Å². The van der Waals surface area contributed by atoms with E-state index in [1.807, 2.05) is 84.9 Å². The van der Waals surface area contributed by atoms with Crippen LogP contribution >= 0.6 is 0 Å². The first kappa shape index (κ1) is 17.0. The van der Waals surface area contributed by atoms with Crippen molar-refractivity contribution < 1.29 is 4.79 Å². The fraction of sp³-hybridized carbons (Fsp3) is 0.136. The molecule has 0 spiro atoms. The summed E-state index contributed by atoms with van der Waals surface area (Å²) < 4.78 is 1.70. The van der Waals surface area contributed by atoms with Crippen molar-refractivity contribution in [2.45, 2.75) is 18.4 Å². The lowest BCUT2D eigenvalue weighted by molar-refractivity contribution is -0.127. The van der Waals surface area contributed by atoms with E-state index in [1.54, 1.807) is 4.68 Å². The fourth-order valence-electron chi connectivity index (χ4n) is 3.54. The van der Waals surface area contributed by atoms with Crippen molar-refractivity contribution in [3.63, 3.8) is 0 Å². The molecule has 1 amide bonds. The van der Waals surface area contributed by atoms with Crippen molar-refractivity contribution in [2.24, 2.45) is 5.73 Å². The van der Waals surface area contributed by atoms with Crippen LogP contribution < -0.4 is 5.73 Å². The quantitative estimate of drug-likeness (QED) is 0.577. The van der Waals surface area contributed by atoms with Crippen LogP contribution in [0, 0.1) is 0 Å². The number of benzene rings is 3. The van der Waals surface area contributed by atoms with Gasteiger partial charge in [0.25, 0.3) is 0 Å². The summed E-state index contributed by atoms with van der Waals surface area (Å²) in [4.78, 5) is 12.9. The average Bonchev–Trinajstić information content (AvgIpc) is 3.13. The van der Waals surface area contributed by atoms with E-state index >= 15 is 0 Å². The van der Waals surface area contributed by atoms with E-state index in [2.05, 4.69) is 10.3 Å². The van der Waals surface area contributed by atoms with E-state index in [0.29, 0.717) is 12.8 Å². The molecule has 27 heavy (non-hydrogen) atoms. The predicted octanol–water partition coefficient (Wildman–Crippen LogP) is 3.10. The highest BCUT2D eigenvalue weighted by atomic mass is 16.1. The molecule has 4 rings (SSSR count). The molecule has 5 heteroatoms. The van der Waals surface area contributed by atoms with Crippen LogP contribution in [0.1, 0.15) is 11.1 Å². The number of carbonyl (C=O) groups excluding carboxylic acids is 1. The zero-order chi connectivity index (χ0) is 18.7. The van der Waals surface area contributed by atoms with E-state index < -0.39 is 11.4 Å². The molecule has 2 N–H and O–H groups in total. The summed E-state index contributed by atoms with van der Waals surface area (Å²) >= 11 is 0. The molecule has 0 saturated heterocycles. The summed E-state index contributed by atoms with van der Waals surface area (Å²) in [6.07, 6.45) is 0.872. The highest BCUT2D eigenvalue weighted by molar-refractivity contribution is 5.86. The first-order chi connectivity index (χ1) is 13.2. The molecule has 0 aliphatic heterocycles. The van der Waals surface area contributed by atoms with Gasteiger partial charge in [-0.2, -0.15) is 0 Å². The first-order valence-corrected chi connectivity index (χ1v) is 8.88. The van der Waals surface area contributed by atoms with E-state index in [4.69, 9.17) is 5.73 Å². The van der Waals surface area contributed by atoms with Crippen LogP contribution in [0.3, 0.4) is 0 Å². The van der Waals surface area contributed by atoms with Crippen molar-refractivity contribution in [2.75, 3.05) is 0 Å². The third kappa shape index (κ3) is 3.19. The summed E-state index contributed by atoms with van der Waals surface area (Å²) in [5, 5.41) is 8.60. The van der Waals surface area contributed by atoms with Crippen LogP contribution in [0.2, 0.25) is 0 Å². The Morgan fingerprint density at radius 2 is 1.33 bits per heavy atom. The maximum absolute atomic E-state index is 12.9. The normalized spacial score (nSPS) is 11.6. The van der Waals surface area contributed by atoms with E-state index in [9.17, 15) is 4.79 Å². The van der Waals surface area contributed by atoms with Gasteiger partial charge in [0.15, 0.2) is 5.54 Å². The van der Waals surface area contributed by atoms with Crippen LogP contribution in [0.15, 0.2) is 84.9 Å². The minimum atomic E-state index is -1.06. The van der Waals surface area contributed by atoms with Gasteiger partial charge < -0.3 is 5.73 Å². The third-order valence-electron chi connectivity index (χ3n) is 4.89. The Morgan fingerprint density at radius 1 is 0.815 bits per heavy atom. The van der Waals surface area contributed by atoms with Gasteiger partial charge in [-0.25, -0.2) is 4.68 Å². The fourth-order valence-corrected chi connectivity index (χ4v) is 3.54. The number of amides is 1. The summed E-state index contributed by atoms with van der Waals surface area (Å²) in [5.74, 6) is -0.425. The number of hydrogen-bond donors (Lipinski definition) is 1. The molecule has 0 aliphatic rings. The van der Waals surface area contributed by atoms with Gasteiger partial charge in [-0.1, -0.05) is 78.0 Å². The van der Waals surface area contributed by atoms with E-state index in [1.165, 1.54) is 0 Å². The molecule has 0 aliphatic carbocycles. The van der Waals surface area contributed by atoms with Crippen LogP contribution in [0.4, 0.5) is 0 Å². The molecule has 0 fully saturated rings. The van der Waals surface area contributed by atoms with E-state index in [-0.39, 0.29) is 0 Å². The lowest BCUT2D eigenvalue weighted by Gasteiger charge is -2.31. The van der Waals surface area contributed by atoms with Crippen molar-refractivity contribution in [3.05, 3.63) is 96.1 Å². The molecule has 0 bridgehead atoms. The lowest BCUT2D eigenvalue weighted by Crippen LogP contribution is -2.50. The van der Waals surface area contributed by atoms with Gasteiger partial charge >= 0.3 is 0 Å². The topological polar surface area (TPSA) is 73.8 Å². The zero-order valence-electron chi connectivity index (χ0n) is 14.8. The maximum Gasteiger partial charge on any atom is 0.246 e. The molecule has 5 nitrogen and oxygen atoms in total. The number of hydrogen-bond acceptors (Lipinski definition) is 3. The van der Waals surface area contributed by atoms with Gasteiger partial charge in [-0.3, -0.25) is 4.79 Å². The number of para-hydroxylation sites is 1. The molecular weight excluding hydrogens is 336 g/mol. The highest BCUT2D eigenvalue weighted by Gasteiger charge is 2.41. The molecule has 4 aromatic rings. The second-order valence-electron chi connectivity index (χ2n) is 6.71. The Kier molecular flexibility index (Phi) is 4.42. The van der Waals surface area contributed by atoms with Gasteiger partial charge in [0.05, 0.1) is 5.52 Å². The van der Waals surface area contributed by atoms with Crippen LogP contribution in [-0.4, -0.2) is 20.9 Å². The van der Waals surface area contributed by atoms with Gasteiger partial charge in [0.2, 0.25) is 5.91 Å². The smallest absolute Gasteiger partial charge is 0.246 e. The van der Waals surface area contributed by atoms with Crippen molar-refractivity contribution in [3.8, 4) is 0 Å². The first-order valence-electron chi connectivity index (χ1n) is 8.88. The van der Waals surface area contributed by atoms with E-state index in [0.717, 1.165) is 22.2 Å². The number of aromatic nitrogens is 3. The molecule has 0 radical (unpaired) electrons. The van der Waals surface area contributed by atoms with Crippen LogP contribution in [0.5, 0.6) is 0 Å². The molecule has 1 heterocycles. The second-order valence-corrected chi connectivity index (χ2v) is 6.71. The minimum Gasteiger partial charge on any atom is -0.368 e. The molecule has 0 saturated carbocycles. The molecule has 3 aromatic carbocycles. The van der Waals surface area contributed by atoms with Crippen molar-refractivity contribution in [1.29, 1.82) is 0 Å². The number of fused-ring (bicyclic) bond motifs is 1. The van der Waals surface area contributed by atoms with Crippen LogP contribution in [-0.2, 0) is 23.2 Å². The Morgan fingerprint density at radius 3 is 1.89 bits per heavy atom. The standard InChI is InChI=1S/C22H20N4O/c23-21(27)22(15-17-9-3-1-4-10-17,16-18-11-5-2-6-12-18)26-20-14-8-7-13-19(20)24-25-26/h1-14H,15-16H2,(H2,23,27). The SMILES string of the molecule is NC(=O)C(Cc1ccccc1)(Cc1ccccc1)n1nnc2ccccc21. The Hall–Kier alpha value is -3.47. The summed E-state index contributed by atoms with van der Waals surface area (Å²) in [7, 11) is 0. The number of nitrogens with two attached hydrogens (primary N) is 1. The van der Waals surface area contributed by atoms with Gasteiger partial charge in [0, 0.05) is 12.8 Å². The van der Waals surface area contributed by atoms with Crippen LogP contribution in [0.25, 0.3) is 11.0 Å². The number of primary amides is 1. The van der Waals surface area contributed by atoms with Crippen molar-refractivity contribution >= 4 is 16.9 Å². The Bertz CT molecular complexity index is 1020. The summed E-state index contributed by atoms with van der Waals surface area (Å²) in [6, 6.07) is 27.4. The minimum absolute atomic E-state index is 0.425. The highest BCUT2D eigenvalue weighted by Crippen LogP contribution is 2.29. The molecule has 0 unspecified atom stereocenters. The molecule has 1 aromatic heterocycles. The van der Waals surface area contributed by atoms with Crippen molar-refractivity contribution in [1.82, 2.24) is 15.0 Å². The predicted molar refractivity (Wildman–Crippen MR) is 105 cm³/mol. The largest absolute Gasteiger partial charge is 0.368 e. The second kappa shape index (κ2) is 7.03. The summed E-state index contributed by atoms with van der Waals surface area (Å²) in [6.45, 7) is 0. The number of carbonyl (C=O) groups is 1. The Balaban J connectivity index is 1.90. The Labute approximate surface area is 157 Å². The summed E-state index contributed by atoms with van der Waals surface area (Å²) in [5.41, 5.74) is 8.54. The zero-order valence-corrected chi connectivity index (χ0v) is 14.8. The molecule has 0 atom stereocenters. The molecule has 134 valence electrons. The third-order valence-corrected chi connectivity index (χ3v) is 4.89. The number of rotatable bonds is 6. The average molecular weight is 356 g/mol. The van der Waals surface area contributed by atoms with Gasteiger partial charge in [0.1, 0.15) is 5.52 Å². The molecular formula is C22H20N4O. The maximum atomic E-state index is 12.9. The lowest BCUT2D eigenvalue weighted by atomic mass is 9.83.